The van der Waals surface area contributed by atoms with Crippen molar-refractivity contribution in [3.8, 4) is 11.1 Å². The quantitative estimate of drug-likeness (QED) is 0.481. The monoisotopic (exact) mass is 301 g/mol. The van der Waals surface area contributed by atoms with Crippen molar-refractivity contribution < 1.29 is 9.66 Å². The number of hydrogen-bond donors (Lipinski definition) is 0. The fourth-order valence-electron chi connectivity index (χ4n) is 2.15. The standard InChI is InChI=1S/C14H7NO3S2/c16-15(17)9-6-10(8-4-2-1-3-5-8)12-11(7-9)13(19)18-14(12)20/h1-7H. The summed E-state index contributed by atoms with van der Waals surface area (Å²) in [5.74, 6) is 0. The predicted octanol–water partition coefficient (Wildman–Crippen LogP) is 3.64. The summed E-state index contributed by atoms with van der Waals surface area (Å²) in [6, 6.07) is 12.2. The highest BCUT2D eigenvalue weighted by Crippen LogP contribution is 2.35. The van der Waals surface area contributed by atoms with Crippen molar-refractivity contribution >= 4 is 40.2 Å². The molecule has 0 radical (unpaired) electrons. The number of fused-ring (bicyclic) bond motifs is 1. The van der Waals surface area contributed by atoms with Gasteiger partial charge in [-0.15, -0.1) is 0 Å². The molecule has 0 saturated heterocycles. The molecular weight excluding hydrogens is 294 g/mol. The van der Waals surface area contributed by atoms with E-state index < -0.39 is 4.92 Å². The average molecular weight is 301 g/mol. The number of non-ortho nitro benzene ring substituents is 1. The second kappa shape index (κ2) is 4.73. The van der Waals surface area contributed by atoms with Crippen molar-refractivity contribution in [2.75, 3.05) is 0 Å². The average Bonchev–Trinajstić information content (AvgIpc) is 2.74. The molecule has 20 heavy (non-hydrogen) atoms. The molecule has 0 spiro atoms. The second-order valence-corrected chi connectivity index (χ2v) is 4.96. The van der Waals surface area contributed by atoms with Crippen LogP contribution >= 0.6 is 24.4 Å². The molecule has 0 aliphatic carbocycles. The van der Waals surface area contributed by atoms with Gasteiger partial charge >= 0.3 is 0 Å². The third-order valence-electron chi connectivity index (χ3n) is 3.03. The third kappa shape index (κ3) is 1.99. The van der Waals surface area contributed by atoms with E-state index in [9.17, 15) is 10.1 Å². The number of rotatable bonds is 2. The number of ether oxygens (including phenoxy) is 1. The molecule has 4 nitrogen and oxygen atoms in total. The van der Waals surface area contributed by atoms with Crippen LogP contribution in [0.5, 0.6) is 0 Å². The first-order chi connectivity index (χ1) is 9.58. The molecule has 2 aromatic rings. The summed E-state index contributed by atoms with van der Waals surface area (Å²) in [7, 11) is 0. The Labute approximate surface area is 125 Å². The topological polar surface area (TPSA) is 52.4 Å². The summed E-state index contributed by atoms with van der Waals surface area (Å²) in [6.45, 7) is 0. The van der Waals surface area contributed by atoms with Gasteiger partial charge in [-0.3, -0.25) is 10.1 Å². The summed E-state index contributed by atoms with van der Waals surface area (Å²) in [4.78, 5) is 10.6. The van der Waals surface area contributed by atoms with Crippen molar-refractivity contribution in [2.45, 2.75) is 0 Å². The normalized spacial score (nSPS) is 13.0. The number of hydrogen-bond acceptors (Lipinski definition) is 5. The van der Waals surface area contributed by atoms with Crippen LogP contribution in [0.2, 0.25) is 0 Å². The maximum atomic E-state index is 11.1. The van der Waals surface area contributed by atoms with Gasteiger partial charge in [0.05, 0.1) is 4.92 Å². The summed E-state index contributed by atoms with van der Waals surface area (Å²) < 4.78 is 5.27. The van der Waals surface area contributed by atoms with E-state index in [0.29, 0.717) is 16.7 Å². The van der Waals surface area contributed by atoms with E-state index in [2.05, 4.69) is 0 Å². The van der Waals surface area contributed by atoms with Crippen LogP contribution < -0.4 is 0 Å². The molecule has 98 valence electrons. The van der Waals surface area contributed by atoms with Gasteiger partial charge in [-0.2, -0.15) is 0 Å². The molecule has 0 fully saturated rings. The van der Waals surface area contributed by atoms with E-state index >= 15 is 0 Å². The Morgan fingerprint density at radius 3 is 2.30 bits per heavy atom. The van der Waals surface area contributed by atoms with Gasteiger partial charge in [0, 0.05) is 28.8 Å². The van der Waals surface area contributed by atoms with Crippen LogP contribution in [0.4, 0.5) is 5.69 Å². The van der Waals surface area contributed by atoms with Gasteiger partial charge in [0.2, 0.25) is 5.05 Å². The van der Waals surface area contributed by atoms with Gasteiger partial charge in [0.15, 0.2) is 5.05 Å². The second-order valence-electron chi connectivity index (χ2n) is 4.22. The minimum Gasteiger partial charge on any atom is -0.433 e. The number of thiocarbonyl (C=S) groups is 2. The van der Waals surface area contributed by atoms with Gasteiger partial charge in [0.25, 0.3) is 5.69 Å². The lowest BCUT2D eigenvalue weighted by Gasteiger charge is -2.06. The Morgan fingerprint density at radius 1 is 1.00 bits per heavy atom. The van der Waals surface area contributed by atoms with Crippen LogP contribution in [0.15, 0.2) is 42.5 Å². The first kappa shape index (κ1) is 12.8. The van der Waals surface area contributed by atoms with Crippen LogP contribution in [0.3, 0.4) is 0 Å². The molecule has 2 aromatic carbocycles. The van der Waals surface area contributed by atoms with E-state index in [-0.39, 0.29) is 15.8 Å². The van der Waals surface area contributed by atoms with Gasteiger partial charge in [-0.25, -0.2) is 0 Å². The highest BCUT2D eigenvalue weighted by Gasteiger charge is 2.30. The van der Waals surface area contributed by atoms with E-state index in [1.807, 2.05) is 30.3 Å². The smallest absolute Gasteiger partial charge is 0.270 e. The third-order valence-corrected chi connectivity index (χ3v) is 3.62. The van der Waals surface area contributed by atoms with Crippen LogP contribution in [0.25, 0.3) is 11.1 Å². The van der Waals surface area contributed by atoms with Crippen LogP contribution in [0.1, 0.15) is 11.1 Å². The zero-order valence-corrected chi connectivity index (χ0v) is 11.7. The number of nitrogens with zero attached hydrogens (tertiary/aromatic N) is 1. The molecule has 0 amide bonds. The number of nitro groups is 1. The summed E-state index contributed by atoms with van der Waals surface area (Å²) >= 11 is 10.2. The highest BCUT2D eigenvalue weighted by molar-refractivity contribution is 7.82. The van der Waals surface area contributed by atoms with Crippen LogP contribution in [0, 0.1) is 10.1 Å². The number of nitro benzene ring substituents is 1. The maximum Gasteiger partial charge on any atom is 0.270 e. The van der Waals surface area contributed by atoms with Gasteiger partial charge in [-0.05, 0) is 30.0 Å². The fraction of sp³-hybridized carbons (Fsp3) is 0. The van der Waals surface area contributed by atoms with E-state index in [1.165, 1.54) is 12.1 Å². The van der Waals surface area contributed by atoms with Gasteiger partial charge < -0.3 is 4.74 Å². The SMILES string of the molecule is O=[N+]([O-])c1cc2c(c(-c3ccccc3)c1)C(=S)OC2=S. The number of benzene rings is 2. The van der Waals surface area contributed by atoms with Crippen molar-refractivity contribution in [2.24, 2.45) is 0 Å². The van der Waals surface area contributed by atoms with Crippen molar-refractivity contribution in [1.82, 2.24) is 0 Å². The molecule has 6 heteroatoms. The zero-order valence-electron chi connectivity index (χ0n) is 10.0. The highest BCUT2D eigenvalue weighted by atomic mass is 32.1. The van der Waals surface area contributed by atoms with E-state index in [0.717, 1.165) is 5.56 Å². The molecule has 1 aliphatic rings. The lowest BCUT2D eigenvalue weighted by Crippen LogP contribution is -1.98. The lowest BCUT2D eigenvalue weighted by molar-refractivity contribution is -0.384. The van der Waals surface area contributed by atoms with Crippen molar-refractivity contribution in [1.29, 1.82) is 0 Å². The molecule has 0 unspecified atom stereocenters. The van der Waals surface area contributed by atoms with Crippen LogP contribution in [-0.2, 0) is 4.74 Å². The minimum atomic E-state index is -0.448. The molecule has 0 atom stereocenters. The Bertz CT molecular complexity index is 757. The summed E-state index contributed by atoms with van der Waals surface area (Å²) in [5.41, 5.74) is 2.64. The van der Waals surface area contributed by atoms with Crippen molar-refractivity contribution in [3.05, 3.63) is 63.7 Å². The molecular formula is C14H7NO3S2. The first-order valence-corrected chi connectivity index (χ1v) is 6.54. The molecule has 0 aromatic heterocycles. The van der Waals surface area contributed by atoms with E-state index in [1.54, 1.807) is 0 Å². The van der Waals surface area contributed by atoms with Crippen LogP contribution in [-0.4, -0.2) is 15.0 Å². The van der Waals surface area contributed by atoms with Gasteiger partial charge in [0.1, 0.15) is 0 Å². The Kier molecular flexibility index (Phi) is 3.04. The van der Waals surface area contributed by atoms with Crippen molar-refractivity contribution in [3.63, 3.8) is 0 Å². The van der Waals surface area contributed by atoms with E-state index in [4.69, 9.17) is 29.2 Å². The Hall–Kier alpha value is -2.18. The molecule has 0 saturated carbocycles. The molecule has 1 aliphatic heterocycles. The first-order valence-electron chi connectivity index (χ1n) is 5.72. The Morgan fingerprint density at radius 2 is 1.65 bits per heavy atom. The molecule has 0 bridgehead atoms. The fourth-order valence-corrected chi connectivity index (χ4v) is 2.75. The predicted molar refractivity (Wildman–Crippen MR) is 83.0 cm³/mol. The largest absolute Gasteiger partial charge is 0.433 e. The molecule has 0 N–H and O–H groups in total. The maximum absolute atomic E-state index is 11.1. The van der Waals surface area contributed by atoms with Gasteiger partial charge in [-0.1, -0.05) is 30.3 Å². The summed E-state index contributed by atoms with van der Waals surface area (Å²) in [6.07, 6.45) is 0. The Balaban J connectivity index is 2.34. The minimum absolute atomic E-state index is 0.0294. The zero-order chi connectivity index (χ0) is 14.3. The molecule has 3 rings (SSSR count). The lowest BCUT2D eigenvalue weighted by atomic mass is 9.96. The summed E-state index contributed by atoms with van der Waals surface area (Å²) in [5, 5.41) is 11.5. The molecule has 1 heterocycles.